The summed E-state index contributed by atoms with van der Waals surface area (Å²) in [7, 11) is 0. The Bertz CT molecular complexity index is 794. The van der Waals surface area contributed by atoms with Gasteiger partial charge in [-0.25, -0.2) is 4.68 Å². The maximum absolute atomic E-state index is 6.11. The van der Waals surface area contributed by atoms with Crippen LogP contribution in [0.3, 0.4) is 0 Å². The Hall–Kier alpha value is -1.85. The molecule has 2 heterocycles. The van der Waals surface area contributed by atoms with E-state index in [1.54, 1.807) is 10.9 Å². The zero-order valence-corrected chi connectivity index (χ0v) is 13.8. The molecular weight excluding hydrogens is 321 g/mol. The van der Waals surface area contributed by atoms with Crippen molar-refractivity contribution in [3.8, 4) is 5.69 Å². The molecule has 0 unspecified atom stereocenters. The minimum absolute atomic E-state index is 0.213. The molecule has 5 nitrogen and oxygen atoms in total. The molecule has 0 spiro atoms. The van der Waals surface area contributed by atoms with Crippen LogP contribution in [0.25, 0.3) is 16.7 Å². The Labute approximate surface area is 138 Å². The quantitative estimate of drug-likeness (QED) is 0.677. The molecule has 0 atom stereocenters. The first kappa shape index (κ1) is 15.1. The number of anilines is 1. The summed E-state index contributed by atoms with van der Waals surface area (Å²) in [6.45, 7) is 5.83. The lowest BCUT2D eigenvalue weighted by Crippen LogP contribution is -2.23. The summed E-state index contributed by atoms with van der Waals surface area (Å²) < 4.78 is 1.74. The van der Waals surface area contributed by atoms with Gasteiger partial charge < -0.3 is 4.90 Å². The van der Waals surface area contributed by atoms with Crippen molar-refractivity contribution in [3.63, 3.8) is 0 Å². The van der Waals surface area contributed by atoms with E-state index in [0.29, 0.717) is 10.7 Å². The fourth-order valence-corrected chi connectivity index (χ4v) is 2.69. The van der Waals surface area contributed by atoms with Crippen LogP contribution < -0.4 is 4.90 Å². The Morgan fingerprint density at radius 2 is 1.73 bits per heavy atom. The van der Waals surface area contributed by atoms with Gasteiger partial charge in [0.05, 0.1) is 17.3 Å². The van der Waals surface area contributed by atoms with Crippen LogP contribution >= 0.6 is 23.2 Å². The lowest BCUT2D eigenvalue weighted by Gasteiger charge is -2.20. The van der Waals surface area contributed by atoms with Gasteiger partial charge in [0.15, 0.2) is 5.65 Å². The van der Waals surface area contributed by atoms with Crippen molar-refractivity contribution in [2.45, 2.75) is 13.8 Å². The van der Waals surface area contributed by atoms with Gasteiger partial charge in [0.25, 0.3) is 0 Å². The fourth-order valence-electron chi connectivity index (χ4n) is 2.40. The lowest BCUT2D eigenvalue weighted by molar-refractivity contribution is 0.847. The molecule has 0 aliphatic rings. The van der Waals surface area contributed by atoms with E-state index < -0.39 is 0 Å². The number of hydrogen-bond donors (Lipinski definition) is 0. The van der Waals surface area contributed by atoms with Crippen LogP contribution in [0.4, 0.5) is 5.82 Å². The van der Waals surface area contributed by atoms with Crippen molar-refractivity contribution in [3.05, 3.63) is 40.8 Å². The smallest absolute Gasteiger partial charge is 0.226 e. The highest BCUT2D eigenvalue weighted by Crippen LogP contribution is 2.27. The summed E-state index contributed by atoms with van der Waals surface area (Å²) >= 11 is 12.1. The topological polar surface area (TPSA) is 46.8 Å². The predicted octanol–water partition coefficient (Wildman–Crippen LogP) is 3.97. The highest BCUT2D eigenvalue weighted by atomic mass is 35.5. The van der Waals surface area contributed by atoms with E-state index in [4.69, 9.17) is 23.2 Å². The van der Waals surface area contributed by atoms with Gasteiger partial charge in [-0.2, -0.15) is 15.1 Å². The van der Waals surface area contributed by atoms with Gasteiger partial charge in [-0.15, -0.1) is 0 Å². The Morgan fingerprint density at radius 3 is 2.36 bits per heavy atom. The van der Waals surface area contributed by atoms with E-state index >= 15 is 0 Å². The van der Waals surface area contributed by atoms with E-state index in [9.17, 15) is 0 Å². The third-order valence-corrected chi connectivity index (χ3v) is 3.94. The minimum atomic E-state index is 0.213. The molecule has 22 heavy (non-hydrogen) atoms. The van der Waals surface area contributed by atoms with Crippen molar-refractivity contribution >= 4 is 40.1 Å². The first-order valence-corrected chi connectivity index (χ1v) is 7.81. The SMILES string of the molecule is CCN(CC)c1nc(Cl)nc2c1cnn2-c1ccc(Cl)cc1. The third-order valence-electron chi connectivity index (χ3n) is 3.52. The van der Waals surface area contributed by atoms with Crippen molar-refractivity contribution < 1.29 is 0 Å². The molecule has 0 fully saturated rings. The molecule has 0 saturated heterocycles. The highest BCUT2D eigenvalue weighted by Gasteiger charge is 2.16. The second-order valence-corrected chi connectivity index (χ2v) is 5.53. The number of benzene rings is 1. The zero-order valence-electron chi connectivity index (χ0n) is 12.3. The van der Waals surface area contributed by atoms with E-state index in [1.165, 1.54) is 0 Å². The first-order chi connectivity index (χ1) is 10.6. The highest BCUT2D eigenvalue weighted by molar-refractivity contribution is 6.30. The van der Waals surface area contributed by atoms with E-state index in [0.717, 1.165) is 30.0 Å². The first-order valence-electron chi connectivity index (χ1n) is 7.06. The molecule has 0 radical (unpaired) electrons. The molecule has 0 N–H and O–H groups in total. The molecule has 114 valence electrons. The van der Waals surface area contributed by atoms with Crippen molar-refractivity contribution in [2.24, 2.45) is 0 Å². The number of aromatic nitrogens is 4. The van der Waals surface area contributed by atoms with Crippen molar-refractivity contribution in [2.75, 3.05) is 18.0 Å². The van der Waals surface area contributed by atoms with E-state index in [2.05, 4.69) is 33.8 Å². The molecule has 0 saturated carbocycles. The average Bonchev–Trinajstić information content (AvgIpc) is 2.93. The summed E-state index contributed by atoms with van der Waals surface area (Å²) in [4.78, 5) is 10.8. The number of halogens is 2. The van der Waals surface area contributed by atoms with Crippen molar-refractivity contribution in [1.82, 2.24) is 19.7 Å². The molecule has 0 bridgehead atoms. The molecule has 0 aliphatic heterocycles. The van der Waals surface area contributed by atoms with Gasteiger partial charge in [-0.05, 0) is 49.7 Å². The van der Waals surface area contributed by atoms with Crippen LogP contribution in [0.5, 0.6) is 0 Å². The van der Waals surface area contributed by atoms with Gasteiger partial charge >= 0.3 is 0 Å². The van der Waals surface area contributed by atoms with Crippen LogP contribution in [0, 0.1) is 0 Å². The largest absolute Gasteiger partial charge is 0.356 e. The molecule has 7 heteroatoms. The van der Waals surface area contributed by atoms with E-state index in [-0.39, 0.29) is 5.28 Å². The average molecular weight is 336 g/mol. The maximum atomic E-state index is 6.11. The molecule has 3 rings (SSSR count). The molecule has 0 amide bonds. The van der Waals surface area contributed by atoms with Gasteiger partial charge in [0, 0.05) is 18.1 Å². The molecule has 3 aromatic rings. The normalized spacial score (nSPS) is 11.1. The number of fused-ring (bicyclic) bond motifs is 1. The standard InChI is InChI=1S/C15H15Cl2N5/c1-3-21(4-2)13-12-9-18-22(14(12)20-15(17)19-13)11-7-5-10(16)6-8-11/h5-9H,3-4H2,1-2H3. The second kappa shape index (κ2) is 6.10. The molecule has 1 aromatic carbocycles. The summed E-state index contributed by atoms with van der Waals surface area (Å²) in [5.41, 5.74) is 1.56. The monoisotopic (exact) mass is 335 g/mol. The summed E-state index contributed by atoms with van der Waals surface area (Å²) in [5.74, 6) is 0.806. The van der Waals surface area contributed by atoms with Gasteiger partial charge in [0.2, 0.25) is 5.28 Å². The Morgan fingerprint density at radius 1 is 1.05 bits per heavy atom. The molecule has 0 aliphatic carbocycles. The van der Waals surface area contributed by atoms with Gasteiger partial charge in [-0.3, -0.25) is 0 Å². The van der Waals surface area contributed by atoms with Gasteiger partial charge in [-0.1, -0.05) is 11.6 Å². The van der Waals surface area contributed by atoms with Crippen LogP contribution in [0.2, 0.25) is 10.3 Å². The Balaban J connectivity index is 2.21. The Kier molecular flexibility index (Phi) is 4.18. The summed E-state index contributed by atoms with van der Waals surface area (Å²) in [6, 6.07) is 7.42. The van der Waals surface area contributed by atoms with Crippen LogP contribution in [0.15, 0.2) is 30.5 Å². The second-order valence-electron chi connectivity index (χ2n) is 4.76. The molecular formula is C15H15Cl2N5. The van der Waals surface area contributed by atoms with Crippen molar-refractivity contribution in [1.29, 1.82) is 0 Å². The van der Waals surface area contributed by atoms with Crippen LogP contribution in [0.1, 0.15) is 13.8 Å². The minimum Gasteiger partial charge on any atom is -0.356 e. The predicted molar refractivity (Wildman–Crippen MR) is 90.2 cm³/mol. The number of hydrogen-bond acceptors (Lipinski definition) is 4. The van der Waals surface area contributed by atoms with Crippen LogP contribution in [-0.2, 0) is 0 Å². The zero-order chi connectivity index (χ0) is 15.7. The maximum Gasteiger partial charge on any atom is 0.226 e. The van der Waals surface area contributed by atoms with E-state index in [1.807, 2.05) is 24.3 Å². The van der Waals surface area contributed by atoms with Gasteiger partial charge in [0.1, 0.15) is 5.82 Å². The third kappa shape index (κ3) is 2.62. The lowest BCUT2D eigenvalue weighted by atomic mass is 10.3. The molecule has 2 aromatic heterocycles. The number of rotatable bonds is 4. The fraction of sp³-hybridized carbons (Fsp3) is 0.267. The number of nitrogens with zero attached hydrogens (tertiary/aromatic N) is 5. The summed E-state index contributed by atoms with van der Waals surface area (Å²) in [5, 5.41) is 6.20. The summed E-state index contributed by atoms with van der Waals surface area (Å²) in [6.07, 6.45) is 1.77. The van der Waals surface area contributed by atoms with Crippen LogP contribution in [-0.4, -0.2) is 32.8 Å².